The summed E-state index contributed by atoms with van der Waals surface area (Å²) in [4.78, 5) is 30.4. The number of anilines is 2. The Morgan fingerprint density at radius 3 is 2.39 bits per heavy atom. The first kappa shape index (κ1) is 27.4. The molecule has 198 valence electrons. The SMILES string of the molecule is CCCOc1cccc(N2C(=O)C(=O)/C(=C(/O)c3cc(Cl)cc(Cl)c3OC)C2c2ccc(N(C)C)cc2)c1. The topological polar surface area (TPSA) is 79.3 Å². The number of nitrogens with zero attached hydrogens (tertiary/aromatic N) is 2. The second-order valence-electron chi connectivity index (χ2n) is 8.97. The van der Waals surface area contributed by atoms with Crippen LogP contribution in [0.25, 0.3) is 5.76 Å². The highest BCUT2D eigenvalue weighted by atomic mass is 35.5. The van der Waals surface area contributed by atoms with E-state index in [0.29, 0.717) is 23.6 Å². The molecule has 0 saturated carbocycles. The van der Waals surface area contributed by atoms with E-state index in [9.17, 15) is 14.7 Å². The van der Waals surface area contributed by atoms with Gasteiger partial charge in [0.05, 0.1) is 35.9 Å². The summed E-state index contributed by atoms with van der Waals surface area (Å²) in [6.07, 6.45) is 0.816. The molecule has 0 bridgehead atoms. The summed E-state index contributed by atoms with van der Waals surface area (Å²) >= 11 is 12.5. The van der Waals surface area contributed by atoms with Gasteiger partial charge in [-0.2, -0.15) is 0 Å². The fraction of sp³-hybridized carbons (Fsp3) is 0.241. The van der Waals surface area contributed by atoms with E-state index in [2.05, 4.69) is 0 Å². The number of ketones is 1. The molecule has 38 heavy (non-hydrogen) atoms. The molecule has 1 N–H and O–H groups in total. The number of carbonyl (C=O) groups is 2. The summed E-state index contributed by atoms with van der Waals surface area (Å²) in [6, 6.07) is 16.4. The summed E-state index contributed by atoms with van der Waals surface area (Å²) < 4.78 is 11.2. The monoisotopic (exact) mass is 554 g/mol. The van der Waals surface area contributed by atoms with Crippen LogP contribution >= 0.6 is 23.2 Å². The molecule has 0 radical (unpaired) electrons. The lowest BCUT2D eigenvalue weighted by Crippen LogP contribution is -2.29. The average molecular weight is 555 g/mol. The molecule has 7 nitrogen and oxygen atoms in total. The Hall–Kier alpha value is -3.68. The third-order valence-electron chi connectivity index (χ3n) is 6.21. The van der Waals surface area contributed by atoms with Crippen LogP contribution in [0, 0.1) is 0 Å². The molecule has 1 amide bonds. The zero-order valence-electron chi connectivity index (χ0n) is 21.5. The lowest BCUT2D eigenvalue weighted by molar-refractivity contribution is -0.132. The summed E-state index contributed by atoms with van der Waals surface area (Å²) in [5, 5.41) is 11.9. The lowest BCUT2D eigenvalue weighted by Gasteiger charge is -2.26. The number of halogens is 2. The van der Waals surface area contributed by atoms with Gasteiger partial charge in [0.2, 0.25) is 0 Å². The number of hydrogen-bond donors (Lipinski definition) is 1. The number of ether oxygens (including phenoxy) is 2. The van der Waals surface area contributed by atoms with E-state index in [-0.39, 0.29) is 26.9 Å². The van der Waals surface area contributed by atoms with Crippen molar-refractivity contribution in [3.63, 3.8) is 0 Å². The van der Waals surface area contributed by atoms with Crippen molar-refractivity contribution in [3.8, 4) is 11.5 Å². The number of amides is 1. The second kappa shape index (κ2) is 11.4. The van der Waals surface area contributed by atoms with Crippen LogP contribution in [0.3, 0.4) is 0 Å². The zero-order valence-corrected chi connectivity index (χ0v) is 23.0. The van der Waals surface area contributed by atoms with Crippen molar-refractivity contribution in [1.82, 2.24) is 0 Å². The molecule has 3 aromatic carbocycles. The number of benzene rings is 3. The van der Waals surface area contributed by atoms with Crippen molar-refractivity contribution in [2.24, 2.45) is 0 Å². The number of hydrogen-bond acceptors (Lipinski definition) is 6. The van der Waals surface area contributed by atoms with Crippen molar-refractivity contribution >= 4 is 52.0 Å². The summed E-state index contributed by atoms with van der Waals surface area (Å²) in [5.74, 6) is -1.37. The summed E-state index contributed by atoms with van der Waals surface area (Å²) in [6.45, 7) is 2.50. The smallest absolute Gasteiger partial charge is 0.300 e. The minimum absolute atomic E-state index is 0.107. The predicted molar refractivity (Wildman–Crippen MR) is 151 cm³/mol. The maximum absolute atomic E-state index is 13.5. The fourth-order valence-electron chi connectivity index (χ4n) is 4.40. The normalized spacial score (nSPS) is 16.6. The Bertz CT molecular complexity index is 1400. The second-order valence-corrected chi connectivity index (χ2v) is 9.81. The van der Waals surface area contributed by atoms with Crippen molar-refractivity contribution in [2.75, 3.05) is 37.6 Å². The fourth-order valence-corrected chi connectivity index (χ4v) is 4.97. The van der Waals surface area contributed by atoms with Gasteiger partial charge in [0.25, 0.3) is 11.7 Å². The van der Waals surface area contributed by atoms with Gasteiger partial charge >= 0.3 is 0 Å². The Morgan fingerprint density at radius 1 is 1.05 bits per heavy atom. The number of methoxy groups -OCH3 is 1. The summed E-state index contributed by atoms with van der Waals surface area (Å²) in [5.41, 5.74) is 2.02. The van der Waals surface area contributed by atoms with Crippen molar-refractivity contribution < 1.29 is 24.2 Å². The van der Waals surface area contributed by atoms with Crippen LogP contribution in [-0.2, 0) is 9.59 Å². The maximum Gasteiger partial charge on any atom is 0.300 e. The van der Waals surface area contributed by atoms with Gasteiger partial charge in [-0.25, -0.2) is 0 Å². The van der Waals surface area contributed by atoms with Gasteiger partial charge in [0.15, 0.2) is 0 Å². The first-order valence-electron chi connectivity index (χ1n) is 12.0. The van der Waals surface area contributed by atoms with Crippen LogP contribution in [0.5, 0.6) is 11.5 Å². The molecule has 1 aliphatic rings. The molecule has 1 unspecified atom stereocenters. The molecule has 1 fully saturated rings. The number of aliphatic hydroxyl groups excluding tert-OH is 1. The van der Waals surface area contributed by atoms with Crippen LogP contribution in [0.2, 0.25) is 10.0 Å². The first-order chi connectivity index (χ1) is 18.2. The third kappa shape index (κ3) is 5.17. The molecule has 0 spiro atoms. The van der Waals surface area contributed by atoms with Gasteiger partial charge < -0.3 is 19.5 Å². The highest BCUT2D eigenvalue weighted by Crippen LogP contribution is 2.45. The van der Waals surface area contributed by atoms with Crippen LogP contribution in [0.15, 0.2) is 66.2 Å². The Balaban J connectivity index is 1.95. The molecular formula is C29H28Cl2N2O5. The molecule has 1 heterocycles. The van der Waals surface area contributed by atoms with Crippen LogP contribution < -0.4 is 19.3 Å². The van der Waals surface area contributed by atoms with Gasteiger partial charge in [-0.05, 0) is 48.4 Å². The molecular weight excluding hydrogens is 527 g/mol. The number of rotatable bonds is 8. The first-order valence-corrected chi connectivity index (χ1v) is 12.8. The molecule has 4 rings (SSSR count). The van der Waals surface area contributed by atoms with Crippen molar-refractivity contribution in [1.29, 1.82) is 0 Å². The average Bonchev–Trinajstić information content (AvgIpc) is 3.17. The van der Waals surface area contributed by atoms with E-state index in [1.165, 1.54) is 24.1 Å². The van der Waals surface area contributed by atoms with Crippen LogP contribution in [0.4, 0.5) is 11.4 Å². The minimum Gasteiger partial charge on any atom is -0.507 e. The van der Waals surface area contributed by atoms with E-state index in [1.54, 1.807) is 24.3 Å². The highest BCUT2D eigenvalue weighted by Gasteiger charge is 2.47. The van der Waals surface area contributed by atoms with E-state index < -0.39 is 23.5 Å². The molecule has 0 aliphatic carbocycles. The number of Topliss-reactive ketones (excluding diaryl/α,β-unsaturated/α-hetero) is 1. The number of carbonyl (C=O) groups excluding carboxylic acids is 2. The molecule has 1 aliphatic heterocycles. The molecule has 1 atom stereocenters. The standard InChI is InChI=1S/C29H28Cl2N2O5/c1-5-13-38-21-8-6-7-20(16-21)33-25(17-9-11-19(12-10-17)32(2)3)24(27(35)29(33)36)26(34)22-14-18(30)15-23(31)28(22)37-4/h6-12,14-16,25,34H,5,13H2,1-4H3/b26-24+. The molecule has 0 aromatic heterocycles. The largest absolute Gasteiger partial charge is 0.507 e. The van der Waals surface area contributed by atoms with Gasteiger partial charge in [-0.3, -0.25) is 14.5 Å². The molecule has 9 heteroatoms. The zero-order chi connectivity index (χ0) is 27.6. The molecule has 3 aromatic rings. The quantitative estimate of drug-likeness (QED) is 0.195. The lowest BCUT2D eigenvalue weighted by atomic mass is 9.94. The Morgan fingerprint density at radius 2 is 1.76 bits per heavy atom. The van der Waals surface area contributed by atoms with Gasteiger partial charge in [-0.15, -0.1) is 0 Å². The van der Waals surface area contributed by atoms with Crippen molar-refractivity contribution in [3.05, 3.63) is 87.4 Å². The van der Waals surface area contributed by atoms with Gasteiger partial charge in [-0.1, -0.05) is 48.3 Å². The van der Waals surface area contributed by atoms with Crippen LogP contribution in [0.1, 0.15) is 30.5 Å². The predicted octanol–water partition coefficient (Wildman–Crippen LogP) is 6.48. The van der Waals surface area contributed by atoms with E-state index in [0.717, 1.165) is 12.1 Å². The number of aliphatic hydroxyl groups is 1. The summed E-state index contributed by atoms with van der Waals surface area (Å²) in [7, 11) is 5.22. The Labute approximate surface area is 231 Å². The molecule has 1 saturated heterocycles. The van der Waals surface area contributed by atoms with E-state index in [1.807, 2.05) is 50.2 Å². The minimum atomic E-state index is -0.935. The Kier molecular flexibility index (Phi) is 8.19. The van der Waals surface area contributed by atoms with Gasteiger partial charge in [0.1, 0.15) is 17.3 Å². The maximum atomic E-state index is 13.5. The van der Waals surface area contributed by atoms with Crippen LogP contribution in [-0.4, -0.2) is 44.6 Å². The third-order valence-corrected chi connectivity index (χ3v) is 6.70. The highest BCUT2D eigenvalue weighted by molar-refractivity contribution is 6.52. The van der Waals surface area contributed by atoms with E-state index >= 15 is 0 Å². The van der Waals surface area contributed by atoms with E-state index in [4.69, 9.17) is 32.7 Å². The van der Waals surface area contributed by atoms with Gasteiger partial charge in [0, 0.05) is 36.6 Å². The van der Waals surface area contributed by atoms with Crippen molar-refractivity contribution in [2.45, 2.75) is 19.4 Å².